The van der Waals surface area contributed by atoms with Gasteiger partial charge in [-0.05, 0) is 76.9 Å². The average molecular weight is 555 g/mol. The molecule has 0 radical (unpaired) electrons. The van der Waals surface area contributed by atoms with Gasteiger partial charge in [0.05, 0.1) is 0 Å². The third kappa shape index (κ3) is 5.60. The Bertz CT molecular complexity index is 1730. The van der Waals surface area contributed by atoms with E-state index in [2.05, 4.69) is 21.3 Å². The number of carbonyl (C=O) groups excluding carboxylic acids is 3. The Labute approximate surface area is 242 Å². The molecule has 0 fully saturated rings. The van der Waals surface area contributed by atoms with Gasteiger partial charge in [0.25, 0.3) is 11.8 Å². The largest absolute Gasteiger partial charge is 0.384 e. The molecule has 0 aromatic heterocycles. The number of urea groups is 1. The Hall–Kier alpha value is -5.73. The van der Waals surface area contributed by atoms with Gasteiger partial charge >= 0.3 is 6.03 Å². The first-order valence-corrected chi connectivity index (χ1v) is 13.3. The molecule has 5 aromatic carbocycles. The molecule has 1 aliphatic rings. The van der Waals surface area contributed by atoms with Gasteiger partial charge in [-0.15, -0.1) is 0 Å². The first-order valence-electron chi connectivity index (χ1n) is 13.3. The summed E-state index contributed by atoms with van der Waals surface area (Å²) in [4.78, 5) is 39.3. The predicted octanol–water partition coefficient (Wildman–Crippen LogP) is 6.90. The number of fused-ring (bicyclic) bond motifs is 3. The fourth-order valence-corrected chi connectivity index (χ4v) is 4.97. The zero-order valence-corrected chi connectivity index (χ0v) is 22.3. The SMILES string of the molecule is O=C(Nc1cc(C(=O)Nc2ccccc2)cc(C(=O)Nc2ccccc2)c1)Nc1ccc2c(c1)C(O)c1ccccc1-2. The van der Waals surface area contributed by atoms with E-state index in [1.165, 1.54) is 18.2 Å². The molecule has 6 rings (SSSR count). The highest BCUT2D eigenvalue weighted by Gasteiger charge is 2.27. The first-order chi connectivity index (χ1) is 20.4. The third-order valence-electron chi connectivity index (χ3n) is 6.93. The van der Waals surface area contributed by atoms with Crippen molar-refractivity contribution in [3.63, 3.8) is 0 Å². The molecule has 5 aromatic rings. The van der Waals surface area contributed by atoms with Crippen LogP contribution in [0.2, 0.25) is 0 Å². The summed E-state index contributed by atoms with van der Waals surface area (Å²) in [5.74, 6) is -0.877. The second-order valence-electron chi connectivity index (χ2n) is 9.81. The minimum absolute atomic E-state index is 0.188. The maximum Gasteiger partial charge on any atom is 0.323 e. The Morgan fingerprint density at radius 3 is 1.62 bits per heavy atom. The summed E-state index contributed by atoms with van der Waals surface area (Å²) in [6, 6.07) is 34.8. The van der Waals surface area contributed by atoms with E-state index in [4.69, 9.17) is 0 Å². The third-order valence-corrected chi connectivity index (χ3v) is 6.93. The maximum absolute atomic E-state index is 13.1. The molecular formula is C34H26N4O4. The summed E-state index contributed by atoms with van der Waals surface area (Å²) < 4.78 is 0. The van der Waals surface area contributed by atoms with Crippen molar-refractivity contribution in [3.8, 4) is 11.1 Å². The minimum atomic E-state index is -0.786. The minimum Gasteiger partial charge on any atom is -0.384 e. The normalized spacial score (nSPS) is 12.9. The van der Waals surface area contributed by atoms with E-state index >= 15 is 0 Å². The predicted molar refractivity (Wildman–Crippen MR) is 164 cm³/mol. The fourth-order valence-electron chi connectivity index (χ4n) is 4.97. The van der Waals surface area contributed by atoms with Crippen molar-refractivity contribution in [2.75, 3.05) is 21.3 Å². The van der Waals surface area contributed by atoms with E-state index in [9.17, 15) is 19.5 Å². The van der Waals surface area contributed by atoms with Gasteiger partial charge in [-0.1, -0.05) is 66.7 Å². The van der Waals surface area contributed by atoms with E-state index in [0.717, 1.165) is 16.7 Å². The average Bonchev–Trinajstić information content (AvgIpc) is 3.29. The monoisotopic (exact) mass is 554 g/mol. The molecular weight excluding hydrogens is 528 g/mol. The van der Waals surface area contributed by atoms with Crippen LogP contribution in [-0.2, 0) is 0 Å². The lowest BCUT2D eigenvalue weighted by Crippen LogP contribution is -2.21. The van der Waals surface area contributed by atoms with Crippen LogP contribution in [0.25, 0.3) is 11.1 Å². The van der Waals surface area contributed by atoms with Gasteiger partial charge in [0, 0.05) is 33.9 Å². The molecule has 0 heterocycles. The molecule has 8 heteroatoms. The molecule has 0 saturated carbocycles. The zero-order chi connectivity index (χ0) is 29.1. The number of benzene rings is 5. The molecule has 1 atom stereocenters. The number of nitrogens with one attached hydrogen (secondary N) is 4. The van der Waals surface area contributed by atoms with E-state index in [1.807, 2.05) is 42.5 Å². The quantitative estimate of drug-likeness (QED) is 0.157. The molecule has 8 nitrogen and oxygen atoms in total. The van der Waals surface area contributed by atoms with Crippen LogP contribution >= 0.6 is 0 Å². The summed E-state index contributed by atoms with van der Waals surface area (Å²) in [7, 11) is 0. The molecule has 0 saturated heterocycles. The molecule has 1 aliphatic carbocycles. The molecule has 5 N–H and O–H groups in total. The van der Waals surface area contributed by atoms with Crippen LogP contribution < -0.4 is 21.3 Å². The van der Waals surface area contributed by atoms with Gasteiger partial charge < -0.3 is 26.4 Å². The summed E-state index contributed by atoms with van der Waals surface area (Å²) in [6.07, 6.45) is -0.786. The maximum atomic E-state index is 13.1. The van der Waals surface area contributed by atoms with E-state index < -0.39 is 23.9 Å². The Morgan fingerprint density at radius 2 is 1.00 bits per heavy atom. The van der Waals surface area contributed by atoms with Crippen LogP contribution in [-0.4, -0.2) is 23.0 Å². The Morgan fingerprint density at radius 1 is 0.476 bits per heavy atom. The van der Waals surface area contributed by atoms with Gasteiger partial charge in [0.15, 0.2) is 0 Å². The van der Waals surface area contributed by atoms with Gasteiger partial charge in [0.1, 0.15) is 6.10 Å². The highest BCUT2D eigenvalue weighted by molar-refractivity contribution is 6.11. The van der Waals surface area contributed by atoms with Crippen molar-refractivity contribution in [3.05, 3.63) is 144 Å². The van der Waals surface area contributed by atoms with Crippen molar-refractivity contribution in [2.24, 2.45) is 0 Å². The molecule has 0 bridgehead atoms. The van der Waals surface area contributed by atoms with Crippen LogP contribution in [0.15, 0.2) is 121 Å². The highest BCUT2D eigenvalue weighted by Crippen LogP contribution is 2.44. The lowest BCUT2D eigenvalue weighted by Gasteiger charge is -2.13. The topological polar surface area (TPSA) is 120 Å². The van der Waals surface area contributed by atoms with Gasteiger partial charge in [0.2, 0.25) is 0 Å². The number of para-hydroxylation sites is 2. The number of anilines is 4. The molecule has 1 unspecified atom stereocenters. The number of rotatable bonds is 6. The number of amides is 4. The van der Waals surface area contributed by atoms with Crippen molar-refractivity contribution >= 4 is 40.6 Å². The van der Waals surface area contributed by atoms with E-state index in [-0.39, 0.29) is 16.8 Å². The molecule has 4 amide bonds. The zero-order valence-electron chi connectivity index (χ0n) is 22.3. The van der Waals surface area contributed by atoms with Crippen molar-refractivity contribution in [2.45, 2.75) is 6.10 Å². The van der Waals surface area contributed by atoms with Crippen molar-refractivity contribution in [1.82, 2.24) is 0 Å². The second kappa shape index (κ2) is 11.4. The number of aliphatic hydroxyl groups is 1. The lowest BCUT2D eigenvalue weighted by atomic mass is 10.1. The summed E-state index contributed by atoms with van der Waals surface area (Å²) >= 11 is 0. The summed E-state index contributed by atoms with van der Waals surface area (Å²) in [5.41, 5.74) is 5.69. The van der Waals surface area contributed by atoms with Crippen LogP contribution in [0.4, 0.5) is 27.5 Å². The second-order valence-corrected chi connectivity index (χ2v) is 9.81. The smallest absolute Gasteiger partial charge is 0.323 e. The number of hydrogen-bond acceptors (Lipinski definition) is 4. The van der Waals surface area contributed by atoms with Crippen LogP contribution in [0.1, 0.15) is 37.9 Å². The van der Waals surface area contributed by atoms with Gasteiger partial charge in [-0.2, -0.15) is 0 Å². The Balaban J connectivity index is 1.23. The number of aliphatic hydroxyl groups excluding tert-OH is 1. The van der Waals surface area contributed by atoms with E-state index in [0.29, 0.717) is 22.6 Å². The fraction of sp³-hybridized carbons (Fsp3) is 0.0294. The molecule has 0 aliphatic heterocycles. The van der Waals surface area contributed by atoms with Gasteiger partial charge in [-0.3, -0.25) is 9.59 Å². The summed E-state index contributed by atoms with van der Waals surface area (Å²) in [5, 5.41) is 21.9. The number of carbonyl (C=O) groups is 3. The Kier molecular flexibility index (Phi) is 7.19. The molecule has 42 heavy (non-hydrogen) atoms. The number of hydrogen-bond donors (Lipinski definition) is 5. The summed E-state index contributed by atoms with van der Waals surface area (Å²) in [6.45, 7) is 0. The van der Waals surface area contributed by atoms with Gasteiger partial charge in [-0.25, -0.2) is 4.79 Å². The van der Waals surface area contributed by atoms with Crippen LogP contribution in [0, 0.1) is 0 Å². The van der Waals surface area contributed by atoms with Crippen LogP contribution in [0.3, 0.4) is 0 Å². The standard InChI is InChI=1S/C34H26N4O4/c39-31-29-14-8-7-13-27(29)28-16-15-25(20-30(28)31)37-34(42)38-26-18-21(32(40)35-23-9-3-1-4-10-23)17-22(19-26)33(41)36-24-11-5-2-6-12-24/h1-20,31,39H,(H,35,40)(H,36,41)(H2,37,38,42). The van der Waals surface area contributed by atoms with Crippen molar-refractivity contribution < 1.29 is 19.5 Å². The molecule has 206 valence electrons. The highest BCUT2D eigenvalue weighted by atomic mass is 16.3. The lowest BCUT2D eigenvalue weighted by molar-refractivity contribution is 0.102. The van der Waals surface area contributed by atoms with E-state index in [1.54, 1.807) is 60.7 Å². The molecule has 0 spiro atoms. The van der Waals surface area contributed by atoms with Crippen molar-refractivity contribution in [1.29, 1.82) is 0 Å². The van der Waals surface area contributed by atoms with Crippen LogP contribution in [0.5, 0.6) is 0 Å². The first kappa shape index (κ1) is 26.5.